The molecule has 1 aromatic carbocycles. The monoisotopic (exact) mass is 548 g/mol. The second-order valence-electron chi connectivity index (χ2n) is 12.1. The summed E-state index contributed by atoms with van der Waals surface area (Å²) in [5.41, 5.74) is 9.41. The number of nitrogens with zero attached hydrogens (tertiary/aromatic N) is 4. The molecule has 3 N–H and O–H groups in total. The fourth-order valence-corrected chi connectivity index (χ4v) is 7.61. The highest BCUT2D eigenvalue weighted by Crippen LogP contribution is 2.44. The molecule has 208 valence electrons. The fourth-order valence-electron chi connectivity index (χ4n) is 6.31. The summed E-state index contributed by atoms with van der Waals surface area (Å²) in [6.07, 6.45) is 5.11. The third-order valence-corrected chi connectivity index (χ3v) is 9.59. The Morgan fingerprint density at radius 1 is 1.21 bits per heavy atom. The van der Waals surface area contributed by atoms with E-state index < -0.39 is 11.8 Å². The molecule has 0 radical (unpaired) electrons. The smallest absolute Gasteiger partial charge is 0.313 e. The number of benzene rings is 1. The van der Waals surface area contributed by atoms with E-state index in [1.807, 2.05) is 6.92 Å². The van der Waals surface area contributed by atoms with Gasteiger partial charge in [-0.25, -0.2) is 9.97 Å². The first kappa shape index (κ1) is 27.5. The summed E-state index contributed by atoms with van der Waals surface area (Å²) in [7, 11) is 2.19. The maximum atomic E-state index is 13.5. The summed E-state index contributed by atoms with van der Waals surface area (Å²) in [5, 5.41) is 3.95. The van der Waals surface area contributed by atoms with Crippen LogP contribution in [0.25, 0.3) is 10.2 Å². The van der Waals surface area contributed by atoms with E-state index in [-0.39, 0.29) is 11.5 Å². The number of thiazole rings is 1. The summed E-state index contributed by atoms with van der Waals surface area (Å²) >= 11 is 1.79. The third kappa shape index (κ3) is 5.65. The van der Waals surface area contributed by atoms with Gasteiger partial charge >= 0.3 is 11.8 Å². The number of nitrogen functional groups attached to an aromatic ring is 1. The highest BCUT2D eigenvalue weighted by Gasteiger charge is 2.38. The molecule has 39 heavy (non-hydrogen) atoms. The van der Waals surface area contributed by atoms with Crippen LogP contribution >= 0.6 is 11.3 Å². The Bertz CT molecular complexity index is 1390. The molecule has 0 spiro atoms. The van der Waals surface area contributed by atoms with Gasteiger partial charge in [-0.2, -0.15) is 0 Å². The number of hydrogen-bond acceptors (Lipinski definition) is 7. The van der Waals surface area contributed by atoms with E-state index in [0.717, 1.165) is 49.0 Å². The van der Waals surface area contributed by atoms with Gasteiger partial charge in [0, 0.05) is 19.0 Å². The molecule has 2 unspecified atom stereocenters. The zero-order chi connectivity index (χ0) is 27.9. The number of pyridine rings is 1. The van der Waals surface area contributed by atoms with E-state index in [9.17, 15) is 9.59 Å². The number of carbonyl (C=O) groups excluding carboxylic acids is 2. The van der Waals surface area contributed by atoms with Gasteiger partial charge in [-0.15, -0.1) is 11.3 Å². The van der Waals surface area contributed by atoms with Crippen LogP contribution in [0, 0.1) is 11.3 Å². The first-order valence-corrected chi connectivity index (χ1v) is 14.8. The zero-order valence-corrected chi connectivity index (χ0v) is 24.5. The largest absolute Gasteiger partial charge is 0.383 e. The molecule has 2 aromatic heterocycles. The molecule has 0 aliphatic carbocycles. The van der Waals surface area contributed by atoms with Gasteiger partial charge in [0.1, 0.15) is 5.82 Å². The van der Waals surface area contributed by atoms with Crippen LogP contribution in [0.15, 0.2) is 30.5 Å². The molecule has 0 saturated carbocycles. The summed E-state index contributed by atoms with van der Waals surface area (Å²) in [4.78, 5) is 40.0. The van der Waals surface area contributed by atoms with Crippen LogP contribution in [0.3, 0.4) is 0 Å². The maximum absolute atomic E-state index is 13.5. The minimum Gasteiger partial charge on any atom is -0.383 e. The minimum atomic E-state index is -0.649. The van der Waals surface area contributed by atoms with Crippen LogP contribution in [0.4, 0.5) is 11.5 Å². The SMILES string of the molecule is CCc1cc(NC(=O)C(=O)N2C[C@@H](C)CCC2c2ccc3sc(C4CCN(C)CC4(C)C)nc3c2)cnc1N. The van der Waals surface area contributed by atoms with Crippen molar-refractivity contribution in [2.75, 3.05) is 37.7 Å². The second kappa shape index (κ2) is 10.8. The molecule has 2 amide bonds. The van der Waals surface area contributed by atoms with Crippen LogP contribution in [0.1, 0.15) is 75.1 Å². The van der Waals surface area contributed by atoms with Crippen molar-refractivity contribution in [1.82, 2.24) is 19.8 Å². The van der Waals surface area contributed by atoms with Crippen LogP contribution in [-0.2, 0) is 16.0 Å². The molecular weight excluding hydrogens is 508 g/mol. The minimum absolute atomic E-state index is 0.162. The molecule has 2 saturated heterocycles. The highest BCUT2D eigenvalue weighted by molar-refractivity contribution is 7.18. The molecule has 3 aromatic rings. The standard InChI is InChI=1S/C30H40N6O2S/c1-6-19-13-21(15-32-26(19)31)33-27(37)29(38)36-16-18(2)7-9-24(36)20-8-10-25-23(14-20)34-28(39-25)22-11-12-35(5)17-30(22,3)4/h8,10,13-15,18,22,24H,6-7,9,11-12,16-17H2,1-5H3,(H2,31,32)(H,33,37)/t18-,22?,24?/m0/s1. The van der Waals surface area contributed by atoms with Gasteiger partial charge in [0.2, 0.25) is 0 Å². The number of nitrogens with two attached hydrogens (primary N) is 1. The van der Waals surface area contributed by atoms with E-state index in [2.05, 4.69) is 61.2 Å². The molecule has 2 aliphatic heterocycles. The van der Waals surface area contributed by atoms with Crippen LogP contribution in [0.2, 0.25) is 0 Å². The number of amides is 2. The Hall–Kier alpha value is -3.04. The zero-order valence-electron chi connectivity index (χ0n) is 23.7. The van der Waals surface area contributed by atoms with E-state index >= 15 is 0 Å². The van der Waals surface area contributed by atoms with Gasteiger partial charge in [-0.1, -0.05) is 33.8 Å². The number of carbonyl (C=O) groups is 2. The van der Waals surface area contributed by atoms with Crippen molar-refractivity contribution < 1.29 is 9.59 Å². The molecule has 3 atom stereocenters. The van der Waals surface area contributed by atoms with Crippen molar-refractivity contribution in [3.63, 3.8) is 0 Å². The predicted molar refractivity (Wildman–Crippen MR) is 158 cm³/mol. The van der Waals surface area contributed by atoms with Gasteiger partial charge in [0.05, 0.1) is 33.2 Å². The molecule has 9 heteroatoms. The van der Waals surface area contributed by atoms with Crippen LogP contribution in [0.5, 0.6) is 0 Å². The van der Waals surface area contributed by atoms with Crippen molar-refractivity contribution in [2.24, 2.45) is 11.3 Å². The summed E-state index contributed by atoms with van der Waals surface area (Å²) < 4.78 is 1.17. The summed E-state index contributed by atoms with van der Waals surface area (Å²) in [6.45, 7) is 11.5. The van der Waals surface area contributed by atoms with E-state index in [4.69, 9.17) is 10.7 Å². The lowest BCUT2D eigenvalue weighted by atomic mass is 9.74. The Kier molecular flexibility index (Phi) is 7.66. The Morgan fingerprint density at radius 3 is 2.74 bits per heavy atom. The molecule has 2 fully saturated rings. The summed E-state index contributed by atoms with van der Waals surface area (Å²) in [6, 6.07) is 8.00. The molecule has 2 aliphatic rings. The number of piperidine rings is 2. The first-order chi connectivity index (χ1) is 18.6. The Balaban J connectivity index is 1.38. The Labute approximate surface area is 235 Å². The number of fused-ring (bicyclic) bond motifs is 1. The van der Waals surface area contributed by atoms with Gasteiger partial charge < -0.3 is 20.9 Å². The third-order valence-electron chi connectivity index (χ3n) is 8.44. The lowest BCUT2D eigenvalue weighted by Gasteiger charge is -2.42. The highest BCUT2D eigenvalue weighted by atomic mass is 32.1. The van der Waals surface area contributed by atoms with Crippen molar-refractivity contribution in [3.8, 4) is 0 Å². The second-order valence-corrected chi connectivity index (χ2v) is 13.1. The lowest BCUT2D eigenvalue weighted by molar-refractivity contribution is -0.146. The van der Waals surface area contributed by atoms with Crippen LogP contribution in [-0.4, -0.2) is 58.3 Å². The number of anilines is 2. The van der Waals surface area contributed by atoms with Gasteiger partial charge in [0.25, 0.3) is 0 Å². The van der Waals surface area contributed by atoms with Crippen LogP contribution < -0.4 is 11.1 Å². The van der Waals surface area contributed by atoms with Gasteiger partial charge in [0.15, 0.2) is 0 Å². The number of aryl methyl sites for hydroxylation is 1. The van der Waals surface area contributed by atoms with Crippen molar-refractivity contribution in [3.05, 3.63) is 46.6 Å². The maximum Gasteiger partial charge on any atom is 0.313 e. The van der Waals surface area contributed by atoms with Crippen molar-refractivity contribution in [1.29, 1.82) is 0 Å². The number of likely N-dealkylation sites (tertiary alicyclic amines) is 2. The predicted octanol–water partition coefficient (Wildman–Crippen LogP) is 5.22. The van der Waals surface area contributed by atoms with E-state index in [1.165, 1.54) is 15.9 Å². The molecular formula is C30H40N6O2S. The number of nitrogens with one attached hydrogen (secondary N) is 1. The molecule has 5 rings (SSSR count). The fraction of sp³-hybridized carbons (Fsp3) is 0.533. The Morgan fingerprint density at radius 2 is 2.00 bits per heavy atom. The lowest BCUT2D eigenvalue weighted by Crippen LogP contribution is -2.46. The average molecular weight is 549 g/mol. The molecule has 8 nitrogen and oxygen atoms in total. The molecule has 4 heterocycles. The number of aromatic nitrogens is 2. The van der Waals surface area contributed by atoms with E-state index in [0.29, 0.717) is 36.3 Å². The van der Waals surface area contributed by atoms with Gasteiger partial charge in [-0.05, 0) is 79.9 Å². The quantitative estimate of drug-likeness (QED) is 0.433. The number of hydrogen-bond donors (Lipinski definition) is 2. The van der Waals surface area contributed by atoms with Gasteiger partial charge in [-0.3, -0.25) is 9.59 Å². The molecule has 0 bridgehead atoms. The van der Waals surface area contributed by atoms with Crippen molar-refractivity contribution >= 4 is 44.9 Å². The normalized spacial score (nSPS) is 23.6. The topological polar surface area (TPSA) is 104 Å². The average Bonchev–Trinajstić information content (AvgIpc) is 3.31. The van der Waals surface area contributed by atoms with Crippen molar-refractivity contribution in [2.45, 2.75) is 65.3 Å². The summed E-state index contributed by atoms with van der Waals surface area (Å²) in [5.74, 6) is 0.0246. The first-order valence-electron chi connectivity index (χ1n) is 14.0. The number of rotatable bonds is 4. The van der Waals surface area contributed by atoms with E-state index in [1.54, 1.807) is 22.3 Å².